The van der Waals surface area contributed by atoms with Gasteiger partial charge in [-0.15, -0.1) is 0 Å². The number of nitrogens with zero attached hydrogens (tertiary/aromatic N) is 3. The van der Waals surface area contributed by atoms with E-state index in [1.165, 1.54) is 10.6 Å². The largest absolute Gasteiger partial charge is 0.417 e. The molecule has 1 atom stereocenters. The molecule has 158 valence electrons. The minimum atomic E-state index is -4.54. The molecule has 2 aromatic heterocycles. The minimum Gasteiger partial charge on any atom is -0.386 e. The molecule has 3 aromatic rings. The van der Waals surface area contributed by atoms with Gasteiger partial charge in [0.2, 0.25) is 6.23 Å². The quantitative estimate of drug-likeness (QED) is 0.587. The number of amidine groups is 1. The highest BCUT2D eigenvalue weighted by atomic mass is 35.5. The Bertz CT molecular complexity index is 1170. The maximum absolute atomic E-state index is 13.0. The van der Waals surface area contributed by atoms with E-state index in [1.807, 2.05) is 0 Å². The Balaban J connectivity index is 1.67. The number of hydroxylamine groups is 1. The molecule has 2 N–H and O–H groups in total. The van der Waals surface area contributed by atoms with Crippen molar-refractivity contribution in [1.82, 2.24) is 14.9 Å². The highest BCUT2D eigenvalue weighted by Crippen LogP contribution is 2.34. The number of alkyl halides is 3. The average Bonchev–Trinajstić information content (AvgIpc) is 3.26. The second kappa shape index (κ2) is 7.12. The number of nitrogens with one attached hydrogen (secondary N) is 1. The van der Waals surface area contributed by atoms with Crippen molar-refractivity contribution in [3.63, 3.8) is 0 Å². The highest BCUT2D eigenvalue weighted by molar-refractivity contribution is 6.34. The van der Waals surface area contributed by atoms with Crippen molar-refractivity contribution < 1.29 is 23.1 Å². The fourth-order valence-corrected chi connectivity index (χ4v) is 3.50. The van der Waals surface area contributed by atoms with Crippen LogP contribution in [0.25, 0.3) is 5.65 Å². The summed E-state index contributed by atoms with van der Waals surface area (Å²) in [6.07, 6.45) is -3.17. The van der Waals surface area contributed by atoms with Gasteiger partial charge in [0.25, 0.3) is 0 Å². The Kier molecular flexibility index (Phi) is 4.97. The van der Waals surface area contributed by atoms with Crippen LogP contribution >= 0.6 is 23.2 Å². The number of imidazole rings is 1. The standard InChI is InChI=1S/C19H15Cl2F3N4O2/c1-18(2,29)9-3-4-11(12(20)5-9)15-26-17(30-27-15)14-8-28-7-10(19(22,23)24)6-13(21)16(28)25-14/h3-8,17,29H,1-2H3,(H,26,27). The SMILES string of the molecule is CC(C)(O)c1ccc(C2=NC(c3cn4cc(C(F)(F)F)cc(Cl)c4n3)ON2)c(Cl)c1. The van der Waals surface area contributed by atoms with Crippen LogP contribution in [0, 0.1) is 0 Å². The zero-order chi connectivity index (χ0) is 21.8. The molecule has 0 aliphatic carbocycles. The molecule has 0 bridgehead atoms. The van der Waals surface area contributed by atoms with E-state index < -0.39 is 23.6 Å². The summed E-state index contributed by atoms with van der Waals surface area (Å²) in [6, 6.07) is 5.84. The van der Waals surface area contributed by atoms with Crippen molar-refractivity contribution in [1.29, 1.82) is 0 Å². The van der Waals surface area contributed by atoms with E-state index in [-0.39, 0.29) is 16.4 Å². The third-order valence-electron chi connectivity index (χ3n) is 4.55. The Labute approximate surface area is 178 Å². The fourth-order valence-electron chi connectivity index (χ4n) is 2.97. The molecule has 3 heterocycles. The number of fused-ring (bicyclic) bond motifs is 1. The molecule has 1 aromatic carbocycles. The van der Waals surface area contributed by atoms with Gasteiger partial charge in [-0.2, -0.15) is 13.2 Å². The van der Waals surface area contributed by atoms with Crippen molar-refractivity contribution in [2.75, 3.05) is 0 Å². The molecule has 0 saturated carbocycles. The zero-order valence-electron chi connectivity index (χ0n) is 15.6. The monoisotopic (exact) mass is 458 g/mol. The van der Waals surface area contributed by atoms with Crippen LogP contribution in [0.1, 0.15) is 42.5 Å². The second-order valence-corrected chi connectivity index (χ2v) is 8.09. The van der Waals surface area contributed by atoms with Crippen molar-refractivity contribution in [3.05, 3.63) is 69.1 Å². The smallest absolute Gasteiger partial charge is 0.386 e. The number of rotatable bonds is 3. The molecule has 30 heavy (non-hydrogen) atoms. The van der Waals surface area contributed by atoms with Crippen LogP contribution in [-0.2, 0) is 16.6 Å². The highest BCUT2D eigenvalue weighted by Gasteiger charge is 2.32. The van der Waals surface area contributed by atoms with Gasteiger partial charge in [-0.1, -0.05) is 29.3 Å². The van der Waals surface area contributed by atoms with Gasteiger partial charge in [0.1, 0.15) is 5.69 Å². The lowest BCUT2D eigenvalue weighted by Gasteiger charge is -2.18. The van der Waals surface area contributed by atoms with Crippen molar-refractivity contribution in [2.24, 2.45) is 4.99 Å². The molecular weight excluding hydrogens is 444 g/mol. The Hall–Kier alpha value is -2.33. The van der Waals surface area contributed by atoms with E-state index in [0.29, 0.717) is 22.0 Å². The van der Waals surface area contributed by atoms with Crippen LogP contribution in [0.4, 0.5) is 13.2 Å². The first-order chi connectivity index (χ1) is 13.9. The minimum absolute atomic E-state index is 0.142. The maximum Gasteiger partial charge on any atom is 0.417 e. The number of pyridine rings is 1. The number of hydrogen-bond donors (Lipinski definition) is 2. The second-order valence-electron chi connectivity index (χ2n) is 7.27. The van der Waals surface area contributed by atoms with Crippen LogP contribution in [0.15, 0.2) is 41.7 Å². The van der Waals surface area contributed by atoms with E-state index in [4.69, 9.17) is 28.0 Å². The number of aromatic nitrogens is 2. The molecule has 1 unspecified atom stereocenters. The van der Waals surface area contributed by atoms with Crippen LogP contribution in [-0.4, -0.2) is 20.3 Å². The van der Waals surface area contributed by atoms with E-state index in [0.717, 1.165) is 12.3 Å². The third-order valence-corrected chi connectivity index (χ3v) is 5.14. The van der Waals surface area contributed by atoms with Crippen LogP contribution in [0.2, 0.25) is 10.0 Å². The molecular formula is C19H15Cl2F3N4O2. The Morgan fingerprint density at radius 3 is 2.43 bits per heavy atom. The Morgan fingerprint density at radius 1 is 1.10 bits per heavy atom. The van der Waals surface area contributed by atoms with Gasteiger partial charge in [0.15, 0.2) is 11.5 Å². The molecule has 1 aliphatic heterocycles. The molecule has 6 nitrogen and oxygen atoms in total. The zero-order valence-corrected chi connectivity index (χ0v) is 17.1. The van der Waals surface area contributed by atoms with E-state index in [1.54, 1.807) is 32.0 Å². The predicted molar refractivity (Wildman–Crippen MR) is 105 cm³/mol. The van der Waals surface area contributed by atoms with Gasteiger partial charge < -0.3 is 9.51 Å². The predicted octanol–water partition coefficient (Wildman–Crippen LogP) is 4.87. The normalized spacial score (nSPS) is 17.3. The number of hydrogen-bond acceptors (Lipinski definition) is 5. The molecule has 0 radical (unpaired) electrons. The first-order valence-electron chi connectivity index (χ1n) is 8.71. The van der Waals surface area contributed by atoms with E-state index >= 15 is 0 Å². The van der Waals surface area contributed by atoms with Gasteiger partial charge in [-0.25, -0.2) is 20.3 Å². The van der Waals surface area contributed by atoms with Crippen LogP contribution < -0.4 is 5.48 Å². The topological polar surface area (TPSA) is 71.2 Å². The summed E-state index contributed by atoms with van der Waals surface area (Å²) in [4.78, 5) is 14.0. The summed E-state index contributed by atoms with van der Waals surface area (Å²) >= 11 is 12.3. The Morgan fingerprint density at radius 2 is 1.80 bits per heavy atom. The molecule has 11 heteroatoms. The number of halogens is 5. The maximum atomic E-state index is 13.0. The molecule has 0 fully saturated rings. The van der Waals surface area contributed by atoms with Crippen molar-refractivity contribution in [2.45, 2.75) is 31.9 Å². The van der Waals surface area contributed by atoms with Crippen molar-refractivity contribution in [3.8, 4) is 0 Å². The first kappa shape index (κ1) is 20.9. The summed E-state index contributed by atoms with van der Waals surface area (Å²) in [5, 5.41) is 10.3. The molecule has 0 spiro atoms. The number of aliphatic imine (C=N–C) groups is 1. The molecule has 4 rings (SSSR count). The van der Waals surface area contributed by atoms with Gasteiger partial charge in [-0.05, 0) is 37.6 Å². The number of benzene rings is 1. The summed E-state index contributed by atoms with van der Waals surface area (Å²) in [6.45, 7) is 3.28. The average molecular weight is 459 g/mol. The summed E-state index contributed by atoms with van der Waals surface area (Å²) in [7, 11) is 0. The van der Waals surface area contributed by atoms with Gasteiger partial charge in [-0.3, -0.25) is 0 Å². The van der Waals surface area contributed by atoms with E-state index in [2.05, 4.69) is 15.5 Å². The lowest BCUT2D eigenvalue weighted by atomic mass is 9.97. The fraction of sp³-hybridized carbons (Fsp3) is 0.263. The van der Waals surface area contributed by atoms with Gasteiger partial charge in [0, 0.05) is 18.0 Å². The lowest BCUT2D eigenvalue weighted by Crippen LogP contribution is -2.20. The van der Waals surface area contributed by atoms with Crippen LogP contribution in [0.3, 0.4) is 0 Å². The van der Waals surface area contributed by atoms with Gasteiger partial charge in [0.05, 0.1) is 21.2 Å². The van der Waals surface area contributed by atoms with Crippen molar-refractivity contribution >= 4 is 34.7 Å². The summed E-state index contributed by atoms with van der Waals surface area (Å²) in [5.41, 5.74) is 2.29. The molecule has 0 amide bonds. The number of aliphatic hydroxyl groups is 1. The first-order valence-corrected chi connectivity index (χ1v) is 9.46. The summed E-state index contributed by atoms with van der Waals surface area (Å²) in [5.74, 6) is 0.325. The third kappa shape index (κ3) is 3.85. The van der Waals surface area contributed by atoms with E-state index in [9.17, 15) is 18.3 Å². The van der Waals surface area contributed by atoms with Gasteiger partial charge >= 0.3 is 6.18 Å². The molecule has 0 saturated heterocycles. The summed E-state index contributed by atoms with van der Waals surface area (Å²) < 4.78 is 40.2. The molecule has 1 aliphatic rings. The van der Waals surface area contributed by atoms with Crippen LogP contribution in [0.5, 0.6) is 0 Å². The lowest BCUT2D eigenvalue weighted by molar-refractivity contribution is -0.137.